The number of benzene rings is 2. The van der Waals surface area contributed by atoms with Gasteiger partial charge in [-0.1, -0.05) is 31.2 Å². The van der Waals surface area contributed by atoms with Crippen LogP contribution in [0.5, 0.6) is 0 Å². The molecular formula is C20H21N3O2S. The first kappa shape index (κ1) is 18.1. The van der Waals surface area contributed by atoms with Crippen molar-refractivity contribution in [3.05, 3.63) is 69.2 Å². The van der Waals surface area contributed by atoms with Crippen LogP contribution in [0.2, 0.25) is 0 Å². The SMILES string of the molecule is CC[C@H](C)NC(=O)Cc1ccc(-n2c(=S)[nH]c3ccccc3c2=O)cc1. The smallest absolute Gasteiger partial charge is 0.266 e. The number of carbonyl (C=O) groups excluding carboxylic acids is 1. The highest BCUT2D eigenvalue weighted by Crippen LogP contribution is 2.12. The predicted molar refractivity (Wildman–Crippen MR) is 106 cm³/mol. The molecule has 0 saturated heterocycles. The van der Waals surface area contributed by atoms with Crippen LogP contribution >= 0.6 is 12.2 Å². The Hall–Kier alpha value is -2.73. The number of aromatic nitrogens is 2. The lowest BCUT2D eigenvalue weighted by molar-refractivity contribution is -0.121. The van der Waals surface area contributed by atoms with E-state index in [-0.39, 0.29) is 17.5 Å². The molecule has 1 aromatic heterocycles. The van der Waals surface area contributed by atoms with Gasteiger partial charge in [0.15, 0.2) is 4.77 Å². The van der Waals surface area contributed by atoms with E-state index in [1.54, 1.807) is 6.07 Å². The van der Waals surface area contributed by atoms with Gasteiger partial charge in [0.2, 0.25) is 5.91 Å². The summed E-state index contributed by atoms with van der Waals surface area (Å²) in [7, 11) is 0. The molecule has 0 aliphatic carbocycles. The van der Waals surface area contributed by atoms with E-state index in [9.17, 15) is 9.59 Å². The Kier molecular flexibility index (Phi) is 5.32. The van der Waals surface area contributed by atoms with E-state index >= 15 is 0 Å². The lowest BCUT2D eigenvalue weighted by atomic mass is 10.1. The molecule has 6 heteroatoms. The lowest BCUT2D eigenvalue weighted by Crippen LogP contribution is -2.33. The molecule has 0 fully saturated rings. The Morgan fingerprint density at radius 2 is 1.88 bits per heavy atom. The topological polar surface area (TPSA) is 66.9 Å². The van der Waals surface area contributed by atoms with Crippen molar-refractivity contribution in [3.63, 3.8) is 0 Å². The summed E-state index contributed by atoms with van der Waals surface area (Å²) in [6, 6.07) is 14.8. The summed E-state index contributed by atoms with van der Waals surface area (Å²) in [6.07, 6.45) is 1.21. The van der Waals surface area contributed by atoms with Crippen LogP contribution < -0.4 is 10.9 Å². The fourth-order valence-corrected chi connectivity index (χ4v) is 3.07. The van der Waals surface area contributed by atoms with E-state index in [1.807, 2.05) is 56.3 Å². The maximum atomic E-state index is 12.8. The molecule has 1 heterocycles. The zero-order chi connectivity index (χ0) is 18.7. The van der Waals surface area contributed by atoms with Crippen LogP contribution in [0, 0.1) is 4.77 Å². The van der Waals surface area contributed by atoms with E-state index in [0.717, 1.165) is 17.5 Å². The molecule has 1 amide bonds. The fraction of sp³-hybridized carbons (Fsp3) is 0.250. The monoisotopic (exact) mass is 367 g/mol. The van der Waals surface area contributed by atoms with E-state index in [1.165, 1.54) is 4.57 Å². The van der Waals surface area contributed by atoms with Gasteiger partial charge in [0.25, 0.3) is 5.56 Å². The van der Waals surface area contributed by atoms with Crippen molar-refractivity contribution in [2.75, 3.05) is 0 Å². The van der Waals surface area contributed by atoms with E-state index in [4.69, 9.17) is 12.2 Å². The molecule has 0 spiro atoms. The number of hydrogen-bond donors (Lipinski definition) is 2. The highest BCUT2D eigenvalue weighted by molar-refractivity contribution is 7.71. The molecule has 134 valence electrons. The van der Waals surface area contributed by atoms with Crippen molar-refractivity contribution in [3.8, 4) is 5.69 Å². The van der Waals surface area contributed by atoms with Crippen molar-refractivity contribution in [1.29, 1.82) is 0 Å². The normalized spacial score (nSPS) is 12.1. The Morgan fingerprint density at radius 1 is 1.19 bits per heavy atom. The van der Waals surface area contributed by atoms with Gasteiger partial charge in [0, 0.05) is 6.04 Å². The minimum absolute atomic E-state index is 0.00716. The minimum atomic E-state index is -0.161. The molecule has 0 saturated carbocycles. The number of hydrogen-bond acceptors (Lipinski definition) is 3. The number of nitrogens with one attached hydrogen (secondary N) is 2. The Morgan fingerprint density at radius 3 is 2.58 bits per heavy atom. The van der Waals surface area contributed by atoms with Gasteiger partial charge >= 0.3 is 0 Å². The fourth-order valence-electron chi connectivity index (χ4n) is 2.77. The zero-order valence-corrected chi connectivity index (χ0v) is 15.6. The zero-order valence-electron chi connectivity index (χ0n) is 14.8. The molecule has 2 N–H and O–H groups in total. The largest absolute Gasteiger partial charge is 0.353 e. The summed E-state index contributed by atoms with van der Waals surface area (Å²) >= 11 is 5.36. The maximum absolute atomic E-state index is 12.8. The minimum Gasteiger partial charge on any atom is -0.353 e. The van der Waals surface area contributed by atoms with Gasteiger partial charge in [-0.15, -0.1) is 0 Å². The Bertz CT molecular complexity index is 1050. The number of rotatable bonds is 5. The molecule has 3 rings (SSSR count). The molecule has 0 radical (unpaired) electrons. The molecule has 3 aromatic rings. The highest BCUT2D eigenvalue weighted by Gasteiger charge is 2.09. The standard InChI is InChI=1S/C20H21N3O2S/c1-3-13(2)21-18(24)12-14-8-10-15(11-9-14)23-19(25)16-6-4-5-7-17(16)22-20(23)26/h4-11,13H,3,12H2,1-2H3,(H,21,24)(H,22,26)/t13-/m0/s1. The molecule has 2 aromatic carbocycles. The van der Waals surface area contributed by atoms with Gasteiger partial charge in [0.05, 0.1) is 23.0 Å². The number of nitrogens with zero attached hydrogens (tertiary/aromatic N) is 1. The summed E-state index contributed by atoms with van der Waals surface area (Å²) in [5, 5.41) is 3.53. The number of amides is 1. The van der Waals surface area contributed by atoms with Crippen LogP contribution in [0.1, 0.15) is 25.8 Å². The van der Waals surface area contributed by atoms with Crippen LogP contribution in [0.25, 0.3) is 16.6 Å². The quantitative estimate of drug-likeness (QED) is 0.678. The van der Waals surface area contributed by atoms with Gasteiger partial charge in [-0.25, -0.2) is 0 Å². The van der Waals surface area contributed by atoms with Crippen LogP contribution in [-0.2, 0) is 11.2 Å². The van der Waals surface area contributed by atoms with E-state index in [2.05, 4.69) is 10.3 Å². The number of carbonyl (C=O) groups is 1. The molecule has 0 aliphatic heterocycles. The summed E-state index contributed by atoms with van der Waals surface area (Å²) in [6.45, 7) is 4.01. The first-order valence-corrected chi connectivity index (χ1v) is 9.03. The van der Waals surface area contributed by atoms with E-state index < -0.39 is 0 Å². The van der Waals surface area contributed by atoms with Crippen molar-refractivity contribution in [2.24, 2.45) is 0 Å². The number of fused-ring (bicyclic) bond motifs is 1. The van der Waals surface area contributed by atoms with Gasteiger partial charge in [-0.3, -0.25) is 14.2 Å². The Balaban J connectivity index is 1.90. The van der Waals surface area contributed by atoms with Gasteiger partial charge < -0.3 is 10.3 Å². The molecule has 26 heavy (non-hydrogen) atoms. The second kappa shape index (κ2) is 7.66. The van der Waals surface area contributed by atoms with Crippen LogP contribution in [0.3, 0.4) is 0 Å². The molecule has 5 nitrogen and oxygen atoms in total. The third-order valence-electron chi connectivity index (χ3n) is 4.38. The molecular weight excluding hydrogens is 346 g/mol. The summed E-state index contributed by atoms with van der Waals surface area (Å²) in [5.41, 5.74) is 2.12. The molecule has 0 unspecified atom stereocenters. The molecule has 0 bridgehead atoms. The third-order valence-corrected chi connectivity index (χ3v) is 4.67. The van der Waals surface area contributed by atoms with Crippen LogP contribution in [0.15, 0.2) is 53.3 Å². The predicted octanol–water partition coefficient (Wildman–Crippen LogP) is 3.51. The van der Waals surface area contributed by atoms with Gasteiger partial charge in [0.1, 0.15) is 0 Å². The number of H-pyrrole nitrogens is 1. The molecule has 0 aliphatic rings. The van der Waals surface area contributed by atoms with Crippen molar-refractivity contribution >= 4 is 29.0 Å². The lowest BCUT2D eigenvalue weighted by Gasteiger charge is -2.12. The maximum Gasteiger partial charge on any atom is 0.266 e. The van der Waals surface area contributed by atoms with Gasteiger partial charge in [-0.05, 0) is 55.4 Å². The summed E-state index contributed by atoms with van der Waals surface area (Å²) < 4.78 is 1.82. The second-order valence-electron chi connectivity index (χ2n) is 6.34. The Labute approximate surface area is 156 Å². The average Bonchev–Trinajstić information content (AvgIpc) is 2.63. The second-order valence-corrected chi connectivity index (χ2v) is 6.72. The van der Waals surface area contributed by atoms with Crippen molar-refractivity contribution in [2.45, 2.75) is 32.7 Å². The molecule has 1 atom stereocenters. The first-order valence-electron chi connectivity index (χ1n) is 8.62. The van der Waals surface area contributed by atoms with Crippen molar-refractivity contribution < 1.29 is 4.79 Å². The average molecular weight is 367 g/mol. The summed E-state index contributed by atoms with van der Waals surface area (Å²) in [4.78, 5) is 27.9. The summed E-state index contributed by atoms with van der Waals surface area (Å²) in [5.74, 6) is -0.00716. The van der Waals surface area contributed by atoms with Gasteiger partial charge in [-0.2, -0.15) is 0 Å². The highest BCUT2D eigenvalue weighted by atomic mass is 32.1. The van der Waals surface area contributed by atoms with Crippen molar-refractivity contribution in [1.82, 2.24) is 14.9 Å². The van der Waals surface area contributed by atoms with Crippen LogP contribution in [-0.4, -0.2) is 21.5 Å². The third kappa shape index (κ3) is 3.75. The number of para-hydroxylation sites is 1. The number of aromatic amines is 1. The first-order chi connectivity index (χ1) is 12.5. The van der Waals surface area contributed by atoms with Crippen LogP contribution in [0.4, 0.5) is 0 Å². The van der Waals surface area contributed by atoms with E-state index in [0.29, 0.717) is 22.3 Å².